The third kappa shape index (κ3) is 5.65. The average Bonchev–Trinajstić information content (AvgIpc) is 2.71. The summed E-state index contributed by atoms with van der Waals surface area (Å²) in [4.78, 5) is 26.0. The van der Waals surface area contributed by atoms with Crippen molar-refractivity contribution in [2.45, 2.75) is 30.9 Å². The van der Waals surface area contributed by atoms with Crippen LogP contribution in [0.2, 0.25) is 5.02 Å². The van der Waals surface area contributed by atoms with Crippen LogP contribution in [0.5, 0.6) is 0 Å². The summed E-state index contributed by atoms with van der Waals surface area (Å²) in [5.74, 6) is -0.303. The lowest BCUT2D eigenvalue weighted by molar-refractivity contribution is -0.115. The third-order valence-electron chi connectivity index (χ3n) is 4.72. The van der Waals surface area contributed by atoms with Gasteiger partial charge in [0.15, 0.2) is 0 Å². The van der Waals surface area contributed by atoms with E-state index in [4.69, 9.17) is 11.6 Å². The van der Waals surface area contributed by atoms with Crippen molar-refractivity contribution in [3.05, 3.63) is 88.4 Å². The van der Waals surface area contributed by atoms with E-state index >= 15 is 0 Å². The number of amides is 2. The van der Waals surface area contributed by atoms with Crippen LogP contribution in [0, 0.1) is 13.8 Å². The molecule has 0 saturated carbocycles. The molecule has 3 aromatic carbocycles. The molecule has 0 heterocycles. The molecular formula is C24H23ClN2O2S. The molecule has 2 amide bonds. The predicted molar refractivity (Wildman–Crippen MR) is 126 cm³/mol. The Hall–Kier alpha value is -2.76. The summed E-state index contributed by atoms with van der Waals surface area (Å²) in [7, 11) is 0. The second-order valence-corrected chi connectivity index (χ2v) is 8.84. The lowest BCUT2D eigenvalue weighted by Gasteiger charge is -2.15. The SMILES string of the molecule is Cc1cccc(NC(=O)C(C)Sc2cccc(NC(=O)c3cccc(Cl)c3)c2)c1C. The van der Waals surface area contributed by atoms with Crippen molar-refractivity contribution in [3.8, 4) is 0 Å². The molecule has 0 aliphatic carbocycles. The van der Waals surface area contributed by atoms with E-state index in [0.29, 0.717) is 16.3 Å². The number of carbonyl (C=O) groups is 2. The van der Waals surface area contributed by atoms with Gasteiger partial charge in [-0.25, -0.2) is 0 Å². The first-order valence-electron chi connectivity index (χ1n) is 9.54. The van der Waals surface area contributed by atoms with Crippen LogP contribution in [0.4, 0.5) is 11.4 Å². The molecule has 0 aliphatic rings. The molecule has 0 fully saturated rings. The molecule has 2 N–H and O–H groups in total. The molecule has 0 saturated heterocycles. The summed E-state index contributed by atoms with van der Waals surface area (Å²) in [6.07, 6.45) is 0. The highest BCUT2D eigenvalue weighted by atomic mass is 35.5. The molecule has 4 nitrogen and oxygen atoms in total. The van der Waals surface area contributed by atoms with Gasteiger partial charge in [0.1, 0.15) is 0 Å². The maximum Gasteiger partial charge on any atom is 0.255 e. The summed E-state index contributed by atoms with van der Waals surface area (Å²) in [6, 6.07) is 20.1. The smallest absolute Gasteiger partial charge is 0.255 e. The van der Waals surface area contributed by atoms with Crippen LogP contribution in [0.3, 0.4) is 0 Å². The van der Waals surface area contributed by atoms with Crippen molar-refractivity contribution in [2.75, 3.05) is 10.6 Å². The fraction of sp³-hybridized carbons (Fsp3) is 0.167. The molecular weight excluding hydrogens is 416 g/mol. The van der Waals surface area contributed by atoms with Gasteiger partial charge in [-0.1, -0.05) is 35.9 Å². The molecule has 0 radical (unpaired) electrons. The first-order chi connectivity index (χ1) is 14.3. The van der Waals surface area contributed by atoms with E-state index < -0.39 is 0 Å². The van der Waals surface area contributed by atoms with Crippen LogP contribution in [0.1, 0.15) is 28.4 Å². The Morgan fingerprint density at radius 3 is 2.43 bits per heavy atom. The second kappa shape index (κ2) is 9.83. The fourth-order valence-electron chi connectivity index (χ4n) is 2.86. The Morgan fingerprint density at radius 2 is 1.67 bits per heavy atom. The number of aryl methyl sites for hydroxylation is 1. The van der Waals surface area contributed by atoms with Crippen molar-refractivity contribution >= 4 is 46.6 Å². The van der Waals surface area contributed by atoms with E-state index in [2.05, 4.69) is 10.6 Å². The molecule has 154 valence electrons. The lowest BCUT2D eigenvalue weighted by atomic mass is 10.1. The number of nitrogens with one attached hydrogen (secondary N) is 2. The van der Waals surface area contributed by atoms with E-state index in [9.17, 15) is 9.59 Å². The van der Waals surface area contributed by atoms with Crippen LogP contribution in [0.25, 0.3) is 0 Å². The zero-order valence-corrected chi connectivity index (χ0v) is 18.6. The molecule has 30 heavy (non-hydrogen) atoms. The zero-order chi connectivity index (χ0) is 21.7. The molecule has 3 aromatic rings. The number of rotatable bonds is 6. The van der Waals surface area contributed by atoms with E-state index in [-0.39, 0.29) is 17.1 Å². The van der Waals surface area contributed by atoms with E-state index in [1.165, 1.54) is 11.8 Å². The maximum atomic E-state index is 12.6. The van der Waals surface area contributed by atoms with E-state index in [0.717, 1.165) is 21.7 Å². The number of carbonyl (C=O) groups excluding carboxylic acids is 2. The largest absolute Gasteiger partial charge is 0.325 e. The first-order valence-corrected chi connectivity index (χ1v) is 10.8. The summed E-state index contributed by atoms with van der Waals surface area (Å²) in [6.45, 7) is 5.88. The number of anilines is 2. The van der Waals surface area contributed by atoms with Gasteiger partial charge < -0.3 is 10.6 Å². The Bertz CT molecular complexity index is 1080. The molecule has 3 rings (SSSR count). The van der Waals surface area contributed by atoms with Gasteiger partial charge in [0.2, 0.25) is 5.91 Å². The van der Waals surface area contributed by atoms with Gasteiger partial charge in [-0.05, 0) is 74.4 Å². The minimum atomic E-state index is -0.302. The van der Waals surface area contributed by atoms with Crippen LogP contribution >= 0.6 is 23.4 Å². The molecule has 0 bridgehead atoms. The number of hydrogen-bond acceptors (Lipinski definition) is 3. The third-order valence-corrected chi connectivity index (χ3v) is 6.05. The molecule has 6 heteroatoms. The van der Waals surface area contributed by atoms with Crippen LogP contribution in [-0.4, -0.2) is 17.1 Å². The predicted octanol–water partition coefficient (Wildman–Crippen LogP) is 6.33. The summed E-state index contributed by atoms with van der Waals surface area (Å²) in [5.41, 5.74) is 4.17. The average molecular weight is 439 g/mol. The highest BCUT2D eigenvalue weighted by Gasteiger charge is 2.16. The van der Waals surface area contributed by atoms with Gasteiger partial charge >= 0.3 is 0 Å². The molecule has 1 unspecified atom stereocenters. The second-order valence-electron chi connectivity index (χ2n) is 6.99. The van der Waals surface area contributed by atoms with Crippen molar-refractivity contribution in [1.82, 2.24) is 0 Å². The number of benzene rings is 3. The number of thioether (sulfide) groups is 1. The van der Waals surface area contributed by atoms with Gasteiger partial charge in [0, 0.05) is 26.9 Å². The fourth-order valence-corrected chi connectivity index (χ4v) is 3.98. The Balaban J connectivity index is 1.64. The summed E-state index contributed by atoms with van der Waals surface area (Å²) in [5, 5.41) is 6.08. The van der Waals surface area contributed by atoms with Crippen molar-refractivity contribution in [1.29, 1.82) is 0 Å². The number of hydrogen-bond donors (Lipinski definition) is 2. The molecule has 0 aromatic heterocycles. The van der Waals surface area contributed by atoms with Crippen molar-refractivity contribution in [3.63, 3.8) is 0 Å². The van der Waals surface area contributed by atoms with Gasteiger partial charge in [-0.2, -0.15) is 0 Å². The van der Waals surface area contributed by atoms with E-state index in [1.807, 2.05) is 63.2 Å². The Morgan fingerprint density at radius 1 is 0.933 bits per heavy atom. The highest BCUT2D eigenvalue weighted by Crippen LogP contribution is 2.27. The molecule has 1 atom stereocenters. The normalized spacial score (nSPS) is 11.6. The lowest BCUT2D eigenvalue weighted by Crippen LogP contribution is -2.23. The van der Waals surface area contributed by atoms with Gasteiger partial charge in [0.05, 0.1) is 5.25 Å². The van der Waals surface area contributed by atoms with Crippen LogP contribution in [-0.2, 0) is 4.79 Å². The van der Waals surface area contributed by atoms with Crippen molar-refractivity contribution < 1.29 is 9.59 Å². The van der Waals surface area contributed by atoms with Crippen molar-refractivity contribution in [2.24, 2.45) is 0 Å². The standard InChI is InChI=1S/C24H23ClN2O2S/c1-15-7-4-12-22(16(15)2)27-23(28)17(3)30-21-11-6-10-20(14-21)26-24(29)18-8-5-9-19(25)13-18/h4-14,17H,1-3H3,(H,26,29)(H,27,28). The molecule has 0 aliphatic heterocycles. The minimum absolute atomic E-state index is 0.0675. The van der Waals surface area contributed by atoms with Crippen LogP contribution in [0.15, 0.2) is 71.6 Å². The first kappa shape index (κ1) is 21.9. The minimum Gasteiger partial charge on any atom is -0.325 e. The zero-order valence-electron chi connectivity index (χ0n) is 17.0. The van der Waals surface area contributed by atoms with Gasteiger partial charge in [0.25, 0.3) is 5.91 Å². The summed E-state index contributed by atoms with van der Waals surface area (Å²) >= 11 is 7.40. The Labute approximate surface area is 186 Å². The summed E-state index contributed by atoms with van der Waals surface area (Å²) < 4.78 is 0. The Kier molecular flexibility index (Phi) is 7.19. The highest BCUT2D eigenvalue weighted by molar-refractivity contribution is 8.00. The van der Waals surface area contributed by atoms with E-state index in [1.54, 1.807) is 24.3 Å². The maximum absolute atomic E-state index is 12.6. The topological polar surface area (TPSA) is 58.2 Å². The van der Waals surface area contributed by atoms with Crippen LogP contribution < -0.4 is 10.6 Å². The van der Waals surface area contributed by atoms with Gasteiger partial charge in [-0.15, -0.1) is 11.8 Å². The quantitative estimate of drug-likeness (QED) is 0.442. The van der Waals surface area contributed by atoms with Gasteiger partial charge in [-0.3, -0.25) is 9.59 Å². The monoisotopic (exact) mass is 438 g/mol. The molecule has 0 spiro atoms. The number of halogens is 1.